The second-order valence-corrected chi connectivity index (χ2v) is 3.76. The number of aromatic nitrogens is 1. The minimum Gasteiger partial charge on any atom is -0.333 e. The van der Waals surface area contributed by atoms with Crippen LogP contribution >= 0.6 is 0 Å². The van der Waals surface area contributed by atoms with E-state index in [1.807, 2.05) is 55.6 Å². The smallest absolute Gasteiger partial charge is 0.130 e. The van der Waals surface area contributed by atoms with Crippen molar-refractivity contribution in [3.8, 4) is 0 Å². The van der Waals surface area contributed by atoms with Gasteiger partial charge in [0, 0.05) is 11.8 Å². The highest BCUT2D eigenvalue weighted by molar-refractivity contribution is 5.74. The van der Waals surface area contributed by atoms with Gasteiger partial charge in [-0.1, -0.05) is 43.0 Å². The molecule has 0 fully saturated rings. The maximum absolute atomic E-state index is 4.29. The molecule has 2 rings (SSSR count). The number of pyridine rings is 1. The Bertz CT molecular complexity index is 535. The molecule has 0 bridgehead atoms. The lowest BCUT2D eigenvalue weighted by Crippen LogP contribution is -1.99. The summed E-state index contributed by atoms with van der Waals surface area (Å²) in [4.78, 5) is 4.29. The topological polar surface area (TPSA) is 24.9 Å². The van der Waals surface area contributed by atoms with Crippen molar-refractivity contribution in [2.75, 3.05) is 5.32 Å². The molecule has 0 aliphatic heterocycles. The first-order valence-corrected chi connectivity index (χ1v) is 5.45. The second kappa shape index (κ2) is 5.15. The summed E-state index contributed by atoms with van der Waals surface area (Å²) in [7, 11) is 0. The lowest BCUT2D eigenvalue weighted by Gasteiger charge is -2.08. The fourth-order valence-electron chi connectivity index (χ4n) is 1.49. The Balaban J connectivity index is 2.23. The van der Waals surface area contributed by atoms with Crippen molar-refractivity contribution in [3.63, 3.8) is 0 Å². The van der Waals surface area contributed by atoms with E-state index in [2.05, 4.69) is 22.6 Å². The fourth-order valence-corrected chi connectivity index (χ4v) is 1.49. The molecular weight excluding hydrogens is 208 g/mol. The summed E-state index contributed by atoms with van der Waals surface area (Å²) in [5.74, 6) is 0.797. The first-order chi connectivity index (χ1) is 8.29. The molecule has 1 N–H and O–H groups in total. The number of hydrogen-bond acceptors (Lipinski definition) is 2. The number of nitrogens with one attached hydrogen (secondary N) is 1. The van der Waals surface area contributed by atoms with Gasteiger partial charge < -0.3 is 5.32 Å². The van der Waals surface area contributed by atoms with Gasteiger partial charge in [0.05, 0.1) is 5.70 Å². The van der Waals surface area contributed by atoms with Crippen LogP contribution < -0.4 is 5.32 Å². The number of hydrogen-bond donors (Lipinski definition) is 1. The van der Waals surface area contributed by atoms with E-state index >= 15 is 0 Å². The van der Waals surface area contributed by atoms with Gasteiger partial charge in [-0.2, -0.15) is 0 Å². The third-order valence-corrected chi connectivity index (χ3v) is 2.40. The summed E-state index contributed by atoms with van der Waals surface area (Å²) in [5.41, 5.74) is 5.92. The average molecular weight is 222 g/mol. The van der Waals surface area contributed by atoms with Crippen molar-refractivity contribution in [2.45, 2.75) is 6.92 Å². The molecule has 0 amide bonds. The van der Waals surface area contributed by atoms with Gasteiger partial charge >= 0.3 is 0 Å². The summed E-state index contributed by atoms with van der Waals surface area (Å²) < 4.78 is 0. The summed E-state index contributed by atoms with van der Waals surface area (Å²) in [6.45, 7) is 5.71. The zero-order chi connectivity index (χ0) is 12.1. The lowest BCUT2D eigenvalue weighted by molar-refractivity contribution is 1.26. The van der Waals surface area contributed by atoms with Gasteiger partial charge in [-0.3, -0.25) is 0 Å². The summed E-state index contributed by atoms with van der Waals surface area (Å²) in [6.07, 6.45) is 1.83. The molecule has 0 spiro atoms. The van der Waals surface area contributed by atoms with E-state index < -0.39 is 0 Å². The van der Waals surface area contributed by atoms with Crippen molar-refractivity contribution in [1.29, 1.82) is 0 Å². The van der Waals surface area contributed by atoms with Crippen molar-refractivity contribution >= 4 is 11.5 Å². The maximum Gasteiger partial charge on any atom is 0.130 e. The Hall–Kier alpha value is -2.31. The zero-order valence-electron chi connectivity index (χ0n) is 9.77. The quantitative estimate of drug-likeness (QED) is 0.802. The molecule has 1 heterocycles. The molecule has 0 aliphatic carbocycles. The molecule has 0 saturated carbocycles. The van der Waals surface area contributed by atoms with Gasteiger partial charge in [0.15, 0.2) is 0 Å². The van der Waals surface area contributed by atoms with E-state index in [1.165, 1.54) is 0 Å². The van der Waals surface area contributed by atoms with Crippen LogP contribution in [0.3, 0.4) is 0 Å². The van der Waals surface area contributed by atoms with E-state index in [-0.39, 0.29) is 0 Å². The van der Waals surface area contributed by atoms with Gasteiger partial charge in [-0.25, -0.2) is 4.98 Å². The molecule has 0 unspecified atom stereocenters. The third kappa shape index (κ3) is 2.83. The Morgan fingerprint density at radius 2 is 1.94 bits per heavy atom. The van der Waals surface area contributed by atoms with E-state index in [0.717, 1.165) is 22.6 Å². The molecule has 0 aliphatic rings. The number of aryl methyl sites for hydroxylation is 1. The largest absolute Gasteiger partial charge is 0.333 e. The van der Waals surface area contributed by atoms with Crippen LogP contribution in [-0.4, -0.2) is 4.98 Å². The number of anilines is 1. The maximum atomic E-state index is 4.29. The van der Waals surface area contributed by atoms with Crippen molar-refractivity contribution in [3.05, 3.63) is 72.1 Å². The Morgan fingerprint density at radius 3 is 2.53 bits per heavy atom. The number of rotatable bonds is 3. The van der Waals surface area contributed by atoms with Crippen molar-refractivity contribution < 1.29 is 0 Å². The third-order valence-electron chi connectivity index (χ3n) is 2.40. The predicted octanol–water partition coefficient (Wildman–Crippen LogP) is 3.63. The molecule has 1 aromatic heterocycles. The van der Waals surface area contributed by atoms with E-state index in [1.54, 1.807) is 0 Å². The zero-order valence-corrected chi connectivity index (χ0v) is 9.77. The highest BCUT2D eigenvalue weighted by atomic mass is 15.0. The fraction of sp³-hybridized carbons (Fsp3) is 0.0667. The lowest BCUT2D eigenvalue weighted by atomic mass is 10.1. The van der Waals surface area contributed by atoms with Gasteiger partial charge in [-0.15, -0.1) is 5.73 Å². The normalized spacial score (nSPS) is 9.47. The van der Waals surface area contributed by atoms with Crippen LogP contribution in [0.1, 0.15) is 11.1 Å². The standard InChI is InChI=1S/C15H14N2/c1-3-14(13-7-5-4-6-8-13)17-15-10-9-12(2)11-16-15/h4-11H,1H2,2H3,(H,16,17). The molecule has 2 heteroatoms. The minimum absolute atomic E-state index is 0.797. The molecule has 1 aromatic carbocycles. The summed E-state index contributed by atoms with van der Waals surface area (Å²) in [5, 5.41) is 3.20. The number of benzene rings is 1. The van der Waals surface area contributed by atoms with Crippen LogP contribution in [0.25, 0.3) is 5.70 Å². The average Bonchev–Trinajstić information content (AvgIpc) is 2.39. The monoisotopic (exact) mass is 222 g/mol. The van der Waals surface area contributed by atoms with E-state index in [9.17, 15) is 0 Å². The van der Waals surface area contributed by atoms with E-state index in [4.69, 9.17) is 0 Å². The van der Waals surface area contributed by atoms with Crippen molar-refractivity contribution in [1.82, 2.24) is 4.98 Å². The number of nitrogens with zero attached hydrogens (tertiary/aromatic N) is 1. The van der Waals surface area contributed by atoms with E-state index in [0.29, 0.717) is 0 Å². The molecule has 84 valence electrons. The van der Waals surface area contributed by atoms with Crippen LogP contribution in [0.2, 0.25) is 0 Å². The molecule has 2 aromatic rings. The summed E-state index contributed by atoms with van der Waals surface area (Å²) in [6, 6.07) is 13.9. The van der Waals surface area contributed by atoms with Gasteiger partial charge in [0.25, 0.3) is 0 Å². The minimum atomic E-state index is 0.797. The van der Waals surface area contributed by atoms with Gasteiger partial charge in [0.1, 0.15) is 5.82 Å². The van der Waals surface area contributed by atoms with Crippen LogP contribution in [0.4, 0.5) is 5.82 Å². The SMILES string of the molecule is C=C=C(Nc1ccc(C)cn1)c1ccccc1. The molecule has 0 atom stereocenters. The van der Waals surface area contributed by atoms with Gasteiger partial charge in [-0.05, 0) is 18.6 Å². The highest BCUT2D eigenvalue weighted by Gasteiger charge is 2.00. The molecule has 0 saturated heterocycles. The molecule has 0 radical (unpaired) electrons. The van der Waals surface area contributed by atoms with Crippen molar-refractivity contribution in [2.24, 2.45) is 0 Å². The molecular formula is C15H14N2. The predicted molar refractivity (Wildman–Crippen MR) is 71.6 cm³/mol. The Morgan fingerprint density at radius 1 is 1.18 bits per heavy atom. The van der Waals surface area contributed by atoms with Crippen LogP contribution in [0.15, 0.2) is 61.0 Å². The molecule has 2 nitrogen and oxygen atoms in total. The highest BCUT2D eigenvalue weighted by Crippen LogP contribution is 2.15. The first-order valence-electron chi connectivity index (χ1n) is 5.45. The van der Waals surface area contributed by atoms with Gasteiger partial charge in [0.2, 0.25) is 0 Å². The van der Waals surface area contributed by atoms with Crippen LogP contribution in [-0.2, 0) is 0 Å². The Kier molecular flexibility index (Phi) is 3.39. The Labute approximate surface area is 101 Å². The summed E-state index contributed by atoms with van der Waals surface area (Å²) >= 11 is 0. The van der Waals surface area contributed by atoms with Crippen LogP contribution in [0.5, 0.6) is 0 Å². The molecule has 17 heavy (non-hydrogen) atoms. The second-order valence-electron chi connectivity index (χ2n) is 3.76. The first kappa shape index (κ1) is 11.2. The van der Waals surface area contributed by atoms with Crippen LogP contribution in [0, 0.1) is 6.92 Å².